The molecule has 0 unspecified atom stereocenters. The van der Waals surface area contributed by atoms with Crippen LogP contribution >= 0.6 is 0 Å². The molecule has 0 spiro atoms. The molecule has 19 heavy (non-hydrogen) atoms. The second kappa shape index (κ2) is 5.19. The first kappa shape index (κ1) is 13.2. The molecule has 1 aromatic heterocycles. The van der Waals surface area contributed by atoms with Crippen LogP contribution < -0.4 is 11.1 Å². The van der Waals surface area contributed by atoms with Crippen molar-refractivity contribution in [1.29, 1.82) is 0 Å². The van der Waals surface area contributed by atoms with E-state index in [1.807, 2.05) is 12.1 Å². The van der Waals surface area contributed by atoms with Crippen molar-refractivity contribution in [2.24, 2.45) is 5.73 Å². The van der Waals surface area contributed by atoms with Gasteiger partial charge in [-0.3, -0.25) is 4.79 Å². The Kier molecular flexibility index (Phi) is 3.62. The number of nitrogens with one attached hydrogen (secondary N) is 1. The molecule has 2 rings (SSSR count). The summed E-state index contributed by atoms with van der Waals surface area (Å²) in [6.07, 6.45) is 1.51. The summed E-state index contributed by atoms with van der Waals surface area (Å²) < 4.78 is 5.11. The smallest absolute Gasteiger partial charge is 0.247 e. The summed E-state index contributed by atoms with van der Waals surface area (Å²) in [6, 6.07) is 7.20. The van der Waals surface area contributed by atoms with Gasteiger partial charge in [-0.05, 0) is 32.0 Å². The summed E-state index contributed by atoms with van der Waals surface area (Å²) in [4.78, 5) is 11.8. The van der Waals surface area contributed by atoms with Crippen LogP contribution in [0, 0.1) is 0 Å². The van der Waals surface area contributed by atoms with Crippen molar-refractivity contribution in [3.05, 3.63) is 30.7 Å². The van der Waals surface area contributed by atoms with Gasteiger partial charge in [-0.1, -0.05) is 6.07 Å². The van der Waals surface area contributed by atoms with Gasteiger partial charge in [0.15, 0.2) is 0 Å². The molecule has 0 bridgehead atoms. The number of hydrogen-bond donors (Lipinski definition) is 2. The minimum atomic E-state index is -0.534. The molecular weight excluding hydrogens is 244 g/mol. The molecule has 0 aliphatic carbocycles. The molecule has 2 aromatic rings. The first-order valence-electron chi connectivity index (χ1n) is 5.89. The molecule has 0 radical (unpaired) electrons. The van der Waals surface area contributed by atoms with E-state index in [0.717, 1.165) is 5.56 Å². The summed E-state index contributed by atoms with van der Waals surface area (Å²) in [6.45, 7) is 3.61. The van der Waals surface area contributed by atoms with E-state index in [4.69, 9.17) is 10.2 Å². The van der Waals surface area contributed by atoms with E-state index >= 15 is 0 Å². The average molecular weight is 260 g/mol. The predicted molar refractivity (Wildman–Crippen MR) is 71.2 cm³/mol. The van der Waals surface area contributed by atoms with E-state index in [1.165, 1.54) is 6.39 Å². The van der Waals surface area contributed by atoms with Crippen LogP contribution in [-0.4, -0.2) is 21.6 Å². The van der Waals surface area contributed by atoms with Crippen LogP contribution in [-0.2, 0) is 4.79 Å². The van der Waals surface area contributed by atoms with E-state index in [0.29, 0.717) is 11.6 Å². The lowest BCUT2D eigenvalue weighted by Gasteiger charge is -2.17. The van der Waals surface area contributed by atoms with Crippen molar-refractivity contribution >= 4 is 11.6 Å². The molecule has 0 aliphatic heterocycles. The normalized spacial score (nSPS) is 11.3. The molecule has 0 saturated carbocycles. The molecule has 100 valence electrons. The molecule has 1 heterocycles. The maximum atomic E-state index is 11.8. The fraction of sp³-hybridized carbons (Fsp3) is 0.308. The first-order chi connectivity index (χ1) is 8.94. The lowest BCUT2D eigenvalue weighted by molar-refractivity contribution is -0.117. The Balaban J connectivity index is 2.10. The van der Waals surface area contributed by atoms with Crippen LogP contribution in [0.25, 0.3) is 11.5 Å². The molecule has 3 N–H and O–H groups in total. The van der Waals surface area contributed by atoms with Crippen LogP contribution in [0.5, 0.6) is 0 Å². The zero-order valence-electron chi connectivity index (χ0n) is 10.9. The number of benzene rings is 1. The van der Waals surface area contributed by atoms with Gasteiger partial charge in [0, 0.05) is 23.2 Å². The third-order valence-corrected chi connectivity index (χ3v) is 2.37. The average Bonchev–Trinajstić information content (AvgIpc) is 2.79. The van der Waals surface area contributed by atoms with Crippen molar-refractivity contribution < 1.29 is 9.21 Å². The van der Waals surface area contributed by atoms with Crippen LogP contribution in [0.1, 0.15) is 20.3 Å². The van der Waals surface area contributed by atoms with Crippen LogP contribution in [0.2, 0.25) is 0 Å². The number of nitrogens with zero attached hydrogens (tertiary/aromatic N) is 2. The third-order valence-electron chi connectivity index (χ3n) is 2.37. The monoisotopic (exact) mass is 260 g/mol. The maximum absolute atomic E-state index is 11.8. The fourth-order valence-corrected chi connectivity index (χ4v) is 1.65. The van der Waals surface area contributed by atoms with Crippen LogP contribution in [0.15, 0.2) is 35.1 Å². The number of nitrogens with two attached hydrogens (primary N) is 1. The van der Waals surface area contributed by atoms with Gasteiger partial charge in [0.25, 0.3) is 0 Å². The van der Waals surface area contributed by atoms with Gasteiger partial charge in [-0.2, -0.15) is 0 Å². The highest BCUT2D eigenvalue weighted by atomic mass is 16.4. The Morgan fingerprint density at radius 1 is 1.47 bits per heavy atom. The van der Waals surface area contributed by atoms with Gasteiger partial charge >= 0.3 is 0 Å². The first-order valence-corrected chi connectivity index (χ1v) is 5.89. The highest BCUT2D eigenvalue weighted by molar-refractivity contribution is 5.91. The summed E-state index contributed by atoms with van der Waals surface area (Å²) in [5.74, 6) is 0.283. The molecule has 0 aliphatic rings. The van der Waals surface area contributed by atoms with Gasteiger partial charge < -0.3 is 15.5 Å². The fourth-order valence-electron chi connectivity index (χ4n) is 1.65. The third kappa shape index (κ3) is 3.89. The van der Waals surface area contributed by atoms with Crippen molar-refractivity contribution in [2.75, 3.05) is 5.32 Å². The molecule has 0 atom stereocenters. The minimum absolute atomic E-state index is 0.129. The van der Waals surface area contributed by atoms with Gasteiger partial charge in [0.1, 0.15) is 0 Å². The Morgan fingerprint density at radius 3 is 2.89 bits per heavy atom. The van der Waals surface area contributed by atoms with Crippen molar-refractivity contribution in [2.45, 2.75) is 25.8 Å². The highest BCUT2D eigenvalue weighted by Crippen LogP contribution is 2.20. The number of anilines is 1. The van der Waals surface area contributed by atoms with E-state index in [2.05, 4.69) is 15.5 Å². The Hall–Kier alpha value is -2.21. The number of hydrogen-bond acceptors (Lipinski definition) is 5. The van der Waals surface area contributed by atoms with Crippen molar-refractivity contribution in [1.82, 2.24) is 10.2 Å². The van der Waals surface area contributed by atoms with Crippen molar-refractivity contribution in [3.63, 3.8) is 0 Å². The molecule has 1 aromatic carbocycles. The standard InChI is InChI=1S/C13H16N4O2/c1-13(2,14)7-11(18)16-10-5-3-4-9(6-10)12-17-15-8-19-12/h3-6,8H,7,14H2,1-2H3,(H,16,18). The molecule has 6 heteroatoms. The number of amides is 1. The lowest BCUT2D eigenvalue weighted by atomic mass is 10.0. The summed E-state index contributed by atoms with van der Waals surface area (Å²) >= 11 is 0. The van der Waals surface area contributed by atoms with E-state index in [1.54, 1.807) is 26.0 Å². The maximum Gasteiger partial charge on any atom is 0.247 e. The van der Waals surface area contributed by atoms with Gasteiger partial charge in [0.05, 0.1) is 0 Å². The van der Waals surface area contributed by atoms with Gasteiger partial charge in [0.2, 0.25) is 18.2 Å². The van der Waals surface area contributed by atoms with Gasteiger partial charge in [-0.15, -0.1) is 10.2 Å². The van der Waals surface area contributed by atoms with Crippen LogP contribution in [0.3, 0.4) is 0 Å². The molecule has 6 nitrogen and oxygen atoms in total. The quantitative estimate of drug-likeness (QED) is 0.874. The number of aromatic nitrogens is 2. The Morgan fingerprint density at radius 2 is 2.26 bits per heavy atom. The molecule has 0 saturated heterocycles. The molecule has 0 fully saturated rings. The molecular formula is C13H16N4O2. The second-order valence-electron chi connectivity index (χ2n) is 5.04. The second-order valence-corrected chi connectivity index (χ2v) is 5.04. The SMILES string of the molecule is CC(C)(N)CC(=O)Nc1cccc(-c2nnco2)c1. The highest BCUT2D eigenvalue weighted by Gasteiger charge is 2.16. The summed E-state index contributed by atoms with van der Waals surface area (Å²) in [5.41, 5.74) is 6.69. The van der Waals surface area contributed by atoms with E-state index in [9.17, 15) is 4.79 Å². The largest absolute Gasteiger partial charge is 0.423 e. The van der Waals surface area contributed by atoms with Gasteiger partial charge in [-0.25, -0.2) is 0 Å². The minimum Gasteiger partial charge on any atom is -0.423 e. The van der Waals surface area contributed by atoms with E-state index in [-0.39, 0.29) is 12.3 Å². The summed E-state index contributed by atoms with van der Waals surface area (Å²) in [5, 5.41) is 10.2. The number of rotatable bonds is 4. The number of carbonyl (C=O) groups is 1. The van der Waals surface area contributed by atoms with Crippen molar-refractivity contribution in [3.8, 4) is 11.5 Å². The molecule has 1 amide bonds. The number of carbonyl (C=O) groups excluding carboxylic acids is 1. The van der Waals surface area contributed by atoms with Crippen LogP contribution in [0.4, 0.5) is 5.69 Å². The topological polar surface area (TPSA) is 94.0 Å². The zero-order valence-corrected chi connectivity index (χ0v) is 10.9. The Labute approximate surface area is 111 Å². The Bertz CT molecular complexity index is 558. The lowest BCUT2D eigenvalue weighted by Crippen LogP contribution is -2.36. The summed E-state index contributed by atoms with van der Waals surface area (Å²) in [7, 11) is 0. The van der Waals surface area contributed by atoms with E-state index < -0.39 is 5.54 Å². The predicted octanol–water partition coefficient (Wildman–Crippen LogP) is 1.80. The zero-order chi connectivity index (χ0) is 13.9.